The van der Waals surface area contributed by atoms with Crippen LogP contribution in [0.15, 0.2) is 55.5 Å². The van der Waals surface area contributed by atoms with Crippen LogP contribution in [0.1, 0.15) is 110 Å². The molecule has 2 heterocycles. The molecule has 6 atom stereocenters. The summed E-state index contributed by atoms with van der Waals surface area (Å²) in [6.07, 6.45) is 12.4. The summed E-state index contributed by atoms with van der Waals surface area (Å²) in [6, 6.07) is 7.24. The first-order chi connectivity index (χ1) is 25.2. The molecule has 292 valence electrons. The molecular weight excluding hydrogens is 670 g/mol. The molecule has 11 nitrogen and oxygen atoms in total. The first-order valence-electron chi connectivity index (χ1n) is 19.7. The molecule has 1 aromatic heterocycles. The number of nitrogens with zero attached hydrogens (tertiary/aromatic N) is 2. The molecular formula is C42H63N5O6. The van der Waals surface area contributed by atoms with E-state index in [1.807, 2.05) is 36.4 Å². The normalized spacial score (nSPS) is 19.5. The van der Waals surface area contributed by atoms with E-state index in [-0.39, 0.29) is 37.0 Å². The Morgan fingerprint density at radius 2 is 1.74 bits per heavy atom. The number of hydrogen-bond acceptors (Lipinski definition) is 7. The second-order valence-electron chi connectivity index (χ2n) is 16.5. The number of H-pyrrole nitrogens is 1. The van der Waals surface area contributed by atoms with Gasteiger partial charge in [0.1, 0.15) is 17.7 Å². The lowest BCUT2D eigenvalue weighted by Gasteiger charge is -2.33. The van der Waals surface area contributed by atoms with E-state index in [1.165, 1.54) is 17.6 Å². The van der Waals surface area contributed by atoms with Gasteiger partial charge in [-0.2, -0.15) is 0 Å². The molecule has 0 radical (unpaired) electrons. The van der Waals surface area contributed by atoms with Crippen molar-refractivity contribution in [3.8, 4) is 0 Å². The first-order valence-corrected chi connectivity index (χ1v) is 19.7. The van der Waals surface area contributed by atoms with Gasteiger partial charge in [0.2, 0.25) is 17.7 Å². The highest BCUT2D eigenvalue weighted by molar-refractivity contribution is 5.92. The predicted octanol–water partition coefficient (Wildman–Crippen LogP) is 5.68. The third kappa shape index (κ3) is 13.1. The molecule has 2 aromatic rings. The van der Waals surface area contributed by atoms with Crippen molar-refractivity contribution in [3.63, 3.8) is 0 Å². The molecule has 0 spiro atoms. The van der Waals surface area contributed by atoms with Crippen LogP contribution in [0.3, 0.4) is 0 Å². The number of aliphatic hydroxyl groups is 1. The zero-order valence-electron chi connectivity index (χ0n) is 32.5. The maximum Gasteiger partial charge on any atom is 0.329 e. The molecule has 0 bridgehead atoms. The fourth-order valence-electron chi connectivity index (χ4n) is 7.74. The number of esters is 1. The number of carbonyl (C=O) groups excluding carboxylic acids is 4. The third-order valence-electron chi connectivity index (χ3n) is 10.7. The second kappa shape index (κ2) is 19.9. The van der Waals surface area contributed by atoms with Gasteiger partial charge in [0.25, 0.3) is 0 Å². The number of carbonyl (C=O) groups is 4. The second-order valence-corrected chi connectivity index (χ2v) is 16.5. The Hall–Kier alpha value is -3.99. The summed E-state index contributed by atoms with van der Waals surface area (Å²) < 4.78 is 5.63. The number of aromatic nitrogens is 2. The van der Waals surface area contributed by atoms with Gasteiger partial charge in [-0.15, -0.1) is 6.58 Å². The molecule has 1 aliphatic carbocycles. The lowest BCUT2D eigenvalue weighted by Crippen LogP contribution is -2.55. The monoisotopic (exact) mass is 733 g/mol. The highest BCUT2D eigenvalue weighted by Gasteiger charge is 2.39. The molecule has 1 aliphatic heterocycles. The standard InChI is InChI=1S/C42H63N5O6/c1-7-31(28(2)3)23-37(48)34(22-30-17-12-9-13-18-30)45-40(51)35(25-33-26-43-27-44-33)46-39(50)32(21-29-15-10-8-11-16-29)24-38(49)47-20-14-19-36(47)41(52)53-42(4,5)6/h7-8,10-11,15-16,26-28,30-32,34-37,48H,1,9,12-14,17-25H2,2-6H3,(H,43,44)(H,45,51)(H,46,50)/t31-,32?,34-,35-,36-,37-/m0/s1. The van der Waals surface area contributed by atoms with Gasteiger partial charge in [-0.05, 0) is 76.2 Å². The van der Waals surface area contributed by atoms with E-state index in [0.717, 1.165) is 31.2 Å². The van der Waals surface area contributed by atoms with Crippen LogP contribution in [0, 0.1) is 23.7 Å². The smallest absolute Gasteiger partial charge is 0.329 e. The fourth-order valence-corrected chi connectivity index (χ4v) is 7.74. The van der Waals surface area contributed by atoms with Crippen LogP contribution in [0.2, 0.25) is 0 Å². The SMILES string of the molecule is C=C[C@@H](C[C@H](O)[C@H](CC1CCCCC1)NC(=O)[C@H](Cc1c[nH]cn1)NC(=O)C(CC(=O)N1CCC[C@H]1C(=O)OC(C)(C)C)Cc1ccccc1)C(C)C. The number of ether oxygens (including phenoxy) is 1. The van der Waals surface area contributed by atoms with Crippen molar-refractivity contribution in [2.75, 3.05) is 6.54 Å². The van der Waals surface area contributed by atoms with Gasteiger partial charge in [0.15, 0.2) is 0 Å². The van der Waals surface area contributed by atoms with Crippen LogP contribution in [0.25, 0.3) is 0 Å². The summed E-state index contributed by atoms with van der Waals surface area (Å²) in [5, 5.41) is 17.7. The Morgan fingerprint density at radius 1 is 1.02 bits per heavy atom. The van der Waals surface area contributed by atoms with Gasteiger partial charge in [-0.1, -0.05) is 82.4 Å². The number of aromatic amines is 1. The van der Waals surface area contributed by atoms with Gasteiger partial charge in [0.05, 0.1) is 30.1 Å². The molecule has 2 fully saturated rings. The van der Waals surface area contributed by atoms with Gasteiger partial charge >= 0.3 is 5.97 Å². The van der Waals surface area contributed by atoms with Crippen LogP contribution < -0.4 is 10.6 Å². The minimum Gasteiger partial charge on any atom is -0.458 e. The highest BCUT2D eigenvalue weighted by atomic mass is 16.6. The summed E-state index contributed by atoms with van der Waals surface area (Å²) in [5.74, 6) is -1.66. The van der Waals surface area contributed by atoms with E-state index >= 15 is 0 Å². The third-order valence-corrected chi connectivity index (χ3v) is 10.7. The molecule has 1 unspecified atom stereocenters. The summed E-state index contributed by atoms with van der Waals surface area (Å²) in [5.41, 5.74) is 0.770. The summed E-state index contributed by atoms with van der Waals surface area (Å²) in [4.78, 5) is 64.3. The summed E-state index contributed by atoms with van der Waals surface area (Å²) in [6.45, 7) is 14.0. The van der Waals surface area contributed by atoms with Crippen molar-refractivity contribution in [1.82, 2.24) is 25.5 Å². The Morgan fingerprint density at radius 3 is 2.36 bits per heavy atom. The molecule has 11 heteroatoms. The number of amides is 3. The van der Waals surface area contributed by atoms with Gasteiger partial charge in [-0.3, -0.25) is 14.4 Å². The van der Waals surface area contributed by atoms with E-state index in [0.29, 0.717) is 43.8 Å². The minimum absolute atomic E-state index is 0.0807. The molecule has 4 N–H and O–H groups in total. The van der Waals surface area contributed by atoms with Crippen molar-refractivity contribution in [1.29, 1.82) is 0 Å². The lowest BCUT2D eigenvalue weighted by molar-refractivity contribution is -0.163. The van der Waals surface area contributed by atoms with Crippen LogP contribution in [0.5, 0.6) is 0 Å². The van der Waals surface area contributed by atoms with Crippen LogP contribution in [0.4, 0.5) is 0 Å². The molecule has 1 aromatic carbocycles. The maximum atomic E-state index is 14.3. The molecule has 3 amide bonds. The van der Waals surface area contributed by atoms with Crippen LogP contribution in [-0.2, 0) is 36.8 Å². The van der Waals surface area contributed by atoms with E-state index in [4.69, 9.17) is 4.74 Å². The lowest BCUT2D eigenvalue weighted by atomic mass is 9.81. The zero-order valence-corrected chi connectivity index (χ0v) is 32.5. The molecule has 2 aliphatic rings. The average Bonchev–Trinajstić information content (AvgIpc) is 3.83. The topological polar surface area (TPSA) is 154 Å². The van der Waals surface area contributed by atoms with Crippen molar-refractivity contribution in [2.24, 2.45) is 23.7 Å². The number of imidazole rings is 1. The number of rotatable bonds is 18. The number of aliphatic hydroxyl groups excluding tert-OH is 1. The van der Waals surface area contributed by atoms with Crippen molar-refractivity contribution >= 4 is 23.7 Å². The largest absolute Gasteiger partial charge is 0.458 e. The van der Waals surface area contributed by atoms with Gasteiger partial charge < -0.3 is 30.4 Å². The van der Waals surface area contributed by atoms with Crippen molar-refractivity contribution in [3.05, 3.63) is 66.8 Å². The van der Waals surface area contributed by atoms with E-state index in [9.17, 15) is 24.3 Å². The Balaban J connectivity index is 1.56. The number of likely N-dealkylation sites (tertiary alicyclic amines) is 1. The van der Waals surface area contributed by atoms with Gasteiger partial charge in [-0.25, -0.2) is 9.78 Å². The number of nitrogens with one attached hydrogen (secondary N) is 3. The Kier molecular flexibility index (Phi) is 15.7. The summed E-state index contributed by atoms with van der Waals surface area (Å²) in [7, 11) is 0. The average molecular weight is 734 g/mol. The van der Waals surface area contributed by atoms with Crippen molar-refractivity contribution < 1.29 is 29.0 Å². The number of allylic oxidation sites excluding steroid dienone is 1. The minimum atomic E-state index is -1.01. The van der Waals surface area contributed by atoms with Crippen LogP contribution in [-0.4, -0.2) is 80.0 Å². The fraction of sp³-hybridized carbons (Fsp3) is 0.643. The zero-order chi connectivity index (χ0) is 38.5. The van der Waals surface area contributed by atoms with E-state index in [2.05, 4.69) is 41.0 Å². The van der Waals surface area contributed by atoms with E-state index in [1.54, 1.807) is 27.0 Å². The number of hydrogen-bond donors (Lipinski definition) is 4. The van der Waals surface area contributed by atoms with E-state index < -0.39 is 53.5 Å². The molecule has 1 saturated carbocycles. The summed E-state index contributed by atoms with van der Waals surface area (Å²) >= 11 is 0. The van der Waals surface area contributed by atoms with Crippen molar-refractivity contribution in [2.45, 2.75) is 141 Å². The quantitative estimate of drug-likeness (QED) is 0.114. The number of benzene rings is 1. The van der Waals surface area contributed by atoms with Crippen LogP contribution >= 0.6 is 0 Å². The Labute approximate surface area is 316 Å². The molecule has 53 heavy (non-hydrogen) atoms. The van der Waals surface area contributed by atoms with Gasteiger partial charge in [0, 0.05) is 25.6 Å². The highest BCUT2D eigenvalue weighted by Crippen LogP contribution is 2.30. The Bertz CT molecular complexity index is 1470. The first kappa shape index (κ1) is 41.8. The predicted molar refractivity (Wildman–Crippen MR) is 205 cm³/mol. The maximum absolute atomic E-state index is 14.3. The molecule has 1 saturated heterocycles. The molecule has 4 rings (SSSR count).